The Labute approximate surface area is 123 Å². The number of benzene rings is 1. The van der Waals surface area contributed by atoms with Gasteiger partial charge in [-0.1, -0.05) is 17.7 Å². The van der Waals surface area contributed by atoms with Crippen molar-refractivity contribution in [1.29, 1.82) is 0 Å². The molecular formula is C13H11BrClNOS. The van der Waals surface area contributed by atoms with Gasteiger partial charge in [0.1, 0.15) is 0 Å². The minimum absolute atomic E-state index is 0.160. The van der Waals surface area contributed by atoms with Crippen molar-refractivity contribution in [3.8, 4) is 0 Å². The molecule has 2 rings (SSSR count). The van der Waals surface area contributed by atoms with Crippen molar-refractivity contribution in [2.75, 3.05) is 0 Å². The molecule has 0 unspecified atom stereocenters. The van der Waals surface area contributed by atoms with Gasteiger partial charge in [0, 0.05) is 11.0 Å². The van der Waals surface area contributed by atoms with Crippen molar-refractivity contribution in [3.05, 3.63) is 55.1 Å². The van der Waals surface area contributed by atoms with Crippen LogP contribution in [0.1, 0.15) is 21.5 Å². The van der Waals surface area contributed by atoms with Crippen molar-refractivity contribution >= 4 is 44.8 Å². The molecule has 0 bridgehead atoms. The molecule has 2 nitrogen and oxygen atoms in total. The fraction of sp³-hybridized carbons (Fsp3) is 0.154. The number of aryl methyl sites for hydroxylation is 1. The highest BCUT2D eigenvalue weighted by atomic mass is 79.9. The molecule has 0 saturated carbocycles. The van der Waals surface area contributed by atoms with Crippen LogP contribution in [0.2, 0.25) is 5.02 Å². The molecule has 1 aromatic heterocycles. The van der Waals surface area contributed by atoms with E-state index in [4.69, 9.17) is 11.6 Å². The van der Waals surface area contributed by atoms with Crippen LogP contribution >= 0.6 is 38.9 Å². The number of rotatable bonds is 3. The Bertz CT molecular complexity index is 582. The first-order valence-electron chi connectivity index (χ1n) is 5.33. The van der Waals surface area contributed by atoms with E-state index in [-0.39, 0.29) is 5.91 Å². The first-order valence-corrected chi connectivity index (χ1v) is 7.45. The van der Waals surface area contributed by atoms with E-state index in [1.54, 1.807) is 23.5 Å². The summed E-state index contributed by atoms with van der Waals surface area (Å²) < 4.78 is 0.725. The molecule has 0 saturated heterocycles. The van der Waals surface area contributed by atoms with E-state index >= 15 is 0 Å². The summed E-state index contributed by atoms with van der Waals surface area (Å²) in [6.07, 6.45) is 0. The molecule has 0 aliphatic heterocycles. The lowest BCUT2D eigenvalue weighted by atomic mass is 10.2. The third-order valence-electron chi connectivity index (χ3n) is 2.60. The van der Waals surface area contributed by atoms with Gasteiger partial charge in [-0.25, -0.2) is 0 Å². The Morgan fingerprint density at radius 3 is 2.89 bits per heavy atom. The zero-order valence-electron chi connectivity index (χ0n) is 9.67. The van der Waals surface area contributed by atoms with Gasteiger partial charge in [0.15, 0.2) is 0 Å². The number of thiophene rings is 1. The van der Waals surface area contributed by atoms with E-state index in [1.807, 2.05) is 18.4 Å². The average Bonchev–Trinajstić information content (AvgIpc) is 2.75. The van der Waals surface area contributed by atoms with Gasteiger partial charge in [-0.3, -0.25) is 4.79 Å². The van der Waals surface area contributed by atoms with E-state index in [9.17, 15) is 4.79 Å². The molecule has 1 amide bonds. The Hall–Kier alpha value is -0.840. The number of carbonyl (C=O) groups excluding carboxylic acids is 1. The van der Waals surface area contributed by atoms with Crippen LogP contribution in [-0.2, 0) is 6.54 Å². The molecule has 1 N–H and O–H groups in total. The molecule has 0 radical (unpaired) electrons. The molecule has 5 heteroatoms. The lowest BCUT2D eigenvalue weighted by molar-refractivity contribution is 0.0951. The topological polar surface area (TPSA) is 29.1 Å². The highest BCUT2D eigenvalue weighted by Gasteiger charge is 2.12. The first-order chi connectivity index (χ1) is 8.59. The third-order valence-corrected chi connectivity index (χ3v) is 4.80. The smallest absolute Gasteiger partial charge is 0.253 e. The van der Waals surface area contributed by atoms with E-state index < -0.39 is 0 Å². The van der Waals surface area contributed by atoms with Crippen molar-refractivity contribution in [3.63, 3.8) is 0 Å². The Morgan fingerprint density at radius 2 is 2.22 bits per heavy atom. The van der Waals surface area contributed by atoms with Crippen molar-refractivity contribution in [2.24, 2.45) is 0 Å². The van der Waals surface area contributed by atoms with Crippen molar-refractivity contribution in [2.45, 2.75) is 13.5 Å². The van der Waals surface area contributed by atoms with Crippen molar-refractivity contribution < 1.29 is 4.79 Å². The maximum absolute atomic E-state index is 12.0. The fourth-order valence-electron chi connectivity index (χ4n) is 1.52. The Kier molecular flexibility index (Phi) is 4.43. The molecule has 18 heavy (non-hydrogen) atoms. The summed E-state index contributed by atoms with van der Waals surface area (Å²) in [6.45, 7) is 2.56. The molecule has 0 aliphatic carbocycles. The molecule has 0 atom stereocenters. The zero-order chi connectivity index (χ0) is 13.1. The number of hydrogen-bond donors (Lipinski definition) is 1. The second-order valence-corrected chi connectivity index (χ2v) is 5.84. The van der Waals surface area contributed by atoms with Gasteiger partial charge in [0.2, 0.25) is 0 Å². The van der Waals surface area contributed by atoms with Crippen LogP contribution in [0.4, 0.5) is 0 Å². The van der Waals surface area contributed by atoms with E-state index in [1.165, 1.54) is 5.56 Å². The lowest BCUT2D eigenvalue weighted by Crippen LogP contribution is -2.23. The van der Waals surface area contributed by atoms with Crippen molar-refractivity contribution in [1.82, 2.24) is 5.32 Å². The number of carbonyl (C=O) groups is 1. The second kappa shape index (κ2) is 5.87. The average molecular weight is 345 g/mol. The summed E-state index contributed by atoms with van der Waals surface area (Å²) in [5, 5.41) is 7.42. The maximum atomic E-state index is 12.0. The number of nitrogens with one attached hydrogen (secondary N) is 1. The van der Waals surface area contributed by atoms with Gasteiger partial charge in [-0.2, -0.15) is 11.3 Å². The highest BCUT2D eigenvalue weighted by molar-refractivity contribution is 9.10. The predicted molar refractivity (Wildman–Crippen MR) is 79.4 cm³/mol. The third kappa shape index (κ3) is 2.94. The first kappa shape index (κ1) is 13.6. The Balaban J connectivity index is 2.09. The van der Waals surface area contributed by atoms with Crippen LogP contribution in [0.5, 0.6) is 0 Å². The minimum atomic E-state index is -0.160. The number of hydrogen-bond acceptors (Lipinski definition) is 2. The molecular weight excluding hydrogens is 334 g/mol. The molecule has 0 aliphatic rings. The fourth-order valence-corrected chi connectivity index (χ4v) is 2.95. The van der Waals surface area contributed by atoms with Gasteiger partial charge >= 0.3 is 0 Å². The van der Waals surface area contributed by atoms with Gasteiger partial charge in [-0.05, 0) is 56.9 Å². The quantitative estimate of drug-likeness (QED) is 0.878. The van der Waals surface area contributed by atoms with Gasteiger partial charge < -0.3 is 5.32 Å². The van der Waals surface area contributed by atoms with Crippen LogP contribution in [-0.4, -0.2) is 5.91 Å². The van der Waals surface area contributed by atoms with Crippen LogP contribution < -0.4 is 5.32 Å². The van der Waals surface area contributed by atoms with Gasteiger partial charge in [0.25, 0.3) is 5.91 Å². The number of halogens is 2. The minimum Gasteiger partial charge on any atom is -0.348 e. The highest BCUT2D eigenvalue weighted by Crippen LogP contribution is 2.26. The molecule has 0 spiro atoms. The molecule has 2 aromatic rings. The summed E-state index contributed by atoms with van der Waals surface area (Å²) in [5.74, 6) is -0.160. The molecule has 94 valence electrons. The SMILES string of the molecule is Cc1cscc1CNC(=O)c1cccc(Br)c1Cl. The predicted octanol–water partition coefficient (Wildman–Crippen LogP) is 4.40. The Morgan fingerprint density at radius 1 is 1.44 bits per heavy atom. The summed E-state index contributed by atoms with van der Waals surface area (Å²) in [5.41, 5.74) is 2.82. The van der Waals surface area contributed by atoms with Crippen LogP contribution in [0.25, 0.3) is 0 Å². The van der Waals surface area contributed by atoms with E-state index in [2.05, 4.69) is 26.6 Å². The van der Waals surface area contributed by atoms with E-state index in [0.717, 1.165) is 10.0 Å². The molecule has 1 heterocycles. The standard InChI is InChI=1S/C13H11BrClNOS/c1-8-6-18-7-9(8)5-16-13(17)10-3-2-4-11(14)12(10)15/h2-4,6-7H,5H2,1H3,(H,16,17). The molecule has 0 fully saturated rings. The monoisotopic (exact) mass is 343 g/mol. The van der Waals surface area contributed by atoms with Crippen LogP contribution in [0.3, 0.4) is 0 Å². The number of amides is 1. The lowest BCUT2D eigenvalue weighted by Gasteiger charge is -2.07. The second-order valence-electron chi connectivity index (χ2n) is 3.86. The summed E-state index contributed by atoms with van der Waals surface area (Å²) in [6, 6.07) is 5.31. The van der Waals surface area contributed by atoms with E-state index in [0.29, 0.717) is 17.1 Å². The summed E-state index contributed by atoms with van der Waals surface area (Å²) >= 11 is 11.0. The maximum Gasteiger partial charge on any atom is 0.253 e. The normalized spacial score (nSPS) is 10.4. The zero-order valence-corrected chi connectivity index (χ0v) is 12.8. The largest absolute Gasteiger partial charge is 0.348 e. The summed E-state index contributed by atoms with van der Waals surface area (Å²) in [4.78, 5) is 12.0. The summed E-state index contributed by atoms with van der Waals surface area (Å²) in [7, 11) is 0. The van der Waals surface area contributed by atoms with Gasteiger partial charge in [-0.15, -0.1) is 0 Å². The van der Waals surface area contributed by atoms with Crippen LogP contribution in [0.15, 0.2) is 33.4 Å². The van der Waals surface area contributed by atoms with Gasteiger partial charge in [0.05, 0.1) is 10.6 Å². The van der Waals surface area contributed by atoms with Crippen LogP contribution in [0, 0.1) is 6.92 Å². The molecule has 1 aromatic carbocycles.